The molecule has 1 fully saturated rings. The molecular weight excluding hydrogens is 288 g/mol. The van der Waals surface area contributed by atoms with Crippen molar-refractivity contribution in [1.29, 1.82) is 5.26 Å². The van der Waals surface area contributed by atoms with Crippen LogP contribution in [0.2, 0.25) is 0 Å². The van der Waals surface area contributed by atoms with E-state index in [1.54, 1.807) is 18.3 Å². The Morgan fingerprint density at radius 1 is 1.43 bits per heavy atom. The van der Waals surface area contributed by atoms with Crippen molar-refractivity contribution in [1.82, 2.24) is 9.80 Å². The van der Waals surface area contributed by atoms with Gasteiger partial charge in [-0.25, -0.2) is 0 Å². The maximum atomic E-state index is 12.9. The van der Waals surface area contributed by atoms with Crippen LogP contribution in [0.1, 0.15) is 43.4 Å². The van der Waals surface area contributed by atoms with Gasteiger partial charge in [-0.05, 0) is 24.1 Å². The minimum atomic E-state index is -0.423. The third-order valence-electron chi connectivity index (χ3n) is 4.29. The molecule has 1 aliphatic rings. The minimum absolute atomic E-state index is 0.0734. The molecule has 5 nitrogen and oxygen atoms in total. The second-order valence-electron chi connectivity index (χ2n) is 5.88. The fraction of sp³-hybridized carbons (Fsp3) is 0.444. The van der Waals surface area contributed by atoms with Crippen molar-refractivity contribution < 1.29 is 4.79 Å². The lowest BCUT2D eigenvalue weighted by molar-refractivity contribution is -0.139. The molecule has 2 rings (SSSR count). The molecule has 0 aliphatic carbocycles. The Hall–Kier alpha value is -2.48. The fourth-order valence-electron chi connectivity index (χ4n) is 2.95. The molecule has 1 aromatic rings. The second kappa shape index (κ2) is 7.68. The summed E-state index contributed by atoms with van der Waals surface area (Å²) in [7, 11) is 1.88. The van der Waals surface area contributed by atoms with Crippen LogP contribution in [-0.2, 0) is 4.79 Å². The molecule has 122 valence electrons. The zero-order chi connectivity index (χ0) is 16.8. The molecule has 23 heavy (non-hydrogen) atoms. The highest BCUT2D eigenvalue weighted by molar-refractivity contribution is 5.85. The van der Waals surface area contributed by atoms with Gasteiger partial charge in [0.25, 0.3) is 0 Å². The molecular formula is C18H24N4O. The highest BCUT2D eigenvalue weighted by Crippen LogP contribution is 2.30. The molecule has 0 aromatic heterocycles. The van der Waals surface area contributed by atoms with Crippen molar-refractivity contribution in [2.75, 3.05) is 20.1 Å². The van der Waals surface area contributed by atoms with Crippen molar-refractivity contribution in [2.45, 2.75) is 32.2 Å². The number of nitrogens with two attached hydrogens (primary N) is 1. The van der Waals surface area contributed by atoms with Gasteiger partial charge < -0.3 is 15.5 Å². The SMILES string of the molecule is CCCCCN1C/C(=C/N)N(C)C(c2cccc(C#N)c2)C1=O. The van der Waals surface area contributed by atoms with Gasteiger partial charge in [-0.3, -0.25) is 4.79 Å². The summed E-state index contributed by atoms with van der Waals surface area (Å²) < 4.78 is 0. The average Bonchev–Trinajstić information content (AvgIpc) is 2.57. The van der Waals surface area contributed by atoms with Crippen LogP contribution in [0.25, 0.3) is 0 Å². The van der Waals surface area contributed by atoms with E-state index in [-0.39, 0.29) is 5.91 Å². The molecule has 0 spiro atoms. The molecule has 1 unspecified atom stereocenters. The lowest BCUT2D eigenvalue weighted by Crippen LogP contribution is -2.50. The second-order valence-corrected chi connectivity index (χ2v) is 5.88. The number of hydrogen-bond acceptors (Lipinski definition) is 4. The summed E-state index contributed by atoms with van der Waals surface area (Å²) in [6.45, 7) is 3.43. The van der Waals surface area contributed by atoms with Gasteiger partial charge in [0.05, 0.1) is 18.2 Å². The first-order chi connectivity index (χ1) is 11.1. The fourth-order valence-corrected chi connectivity index (χ4v) is 2.95. The van der Waals surface area contributed by atoms with Crippen LogP contribution in [-0.4, -0.2) is 35.8 Å². The lowest BCUT2D eigenvalue weighted by atomic mass is 9.98. The molecule has 0 bridgehead atoms. The van der Waals surface area contributed by atoms with E-state index in [1.165, 1.54) is 0 Å². The highest BCUT2D eigenvalue weighted by Gasteiger charge is 2.35. The van der Waals surface area contributed by atoms with E-state index in [0.29, 0.717) is 12.1 Å². The Morgan fingerprint density at radius 3 is 2.87 bits per heavy atom. The average molecular weight is 312 g/mol. The molecule has 1 aliphatic heterocycles. The third kappa shape index (κ3) is 3.65. The predicted molar refractivity (Wildman–Crippen MR) is 90.0 cm³/mol. The molecule has 1 atom stereocenters. The molecule has 5 heteroatoms. The van der Waals surface area contributed by atoms with Crippen LogP contribution in [0.3, 0.4) is 0 Å². The standard InChI is InChI=1S/C18H24N4O/c1-3-4-5-9-22-13-16(12-20)21(2)17(18(22)23)15-8-6-7-14(10-15)11-19/h6-8,10,12,17H,3-5,9,13,20H2,1-2H3/b16-12-. The van der Waals surface area contributed by atoms with E-state index in [9.17, 15) is 4.79 Å². The van der Waals surface area contributed by atoms with Crippen LogP contribution >= 0.6 is 0 Å². The Bertz CT molecular complexity index is 632. The number of piperazine rings is 1. The topological polar surface area (TPSA) is 73.4 Å². The van der Waals surface area contributed by atoms with E-state index in [4.69, 9.17) is 11.0 Å². The molecule has 1 amide bonds. The summed E-state index contributed by atoms with van der Waals surface area (Å²) >= 11 is 0. The van der Waals surface area contributed by atoms with E-state index >= 15 is 0 Å². The van der Waals surface area contributed by atoms with Crippen molar-refractivity contribution in [2.24, 2.45) is 5.73 Å². The normalized spacial score (nSPS) is 20.0. The predicted octanol–water partition coefficient (Wildman–Crippen LogP) is 2.36. The number of unbranched alkanes of at least 4 members (excludes halogenated alkanes) is 2. The number of hydrogen-bond donors (Lipinski definition) is 1. The smallest absolute Gasteiger partial charge is 0.250 e. The Morgan fingerprint density at radius 2 is 2.22 bits per heavy atom. The monoisotopic (exact) mass is 312 g/mol. The van der Waals surface area contributed by atoms with Crippen molar-refractivity contribution in [3.63, 3.8) is 0 Å². The summed E-state index contributed by atoms with van der Waals surface area (Å²) in [6, 6.07) is 8.94. The molecule has 0 saturated carbocycles. The van der Waals surface area contributed by atoms with Crippen molar-refractivity contribution >= 4 is 5.91 Å². The van der Waals surface area contributed by atoms with E-state index in [1.807, 2.05) is 29.0 Å². The van der Waals surface area contributed by atoms with Crippen LogP contribution in [0, 0.1) is 11.3 Å². The number of nitriles is 1. The van der Waals surface area contributed by atoms with Crippen LogP contribution in [0.5, 0.6) is 0 Å². The number of rotatable bonds is 5. The quantitative estimate of drug-likeness (QED) is 0.847. The molecule has 0 radical (unpaired) electrons. The maximum absolute atomic E-state index is 12.9. The lowest BCUT2D eigenvalue weighted by Gasteiger charge is -2.41. The van der Waals surface area contributed by atoms with Gasteiger partial charge >= 0.3 is 0 Å². The van der Waals surface area contributed by atoms with Gasteiger partial charge in [0.2, 0.25) is 5.91 Å². The first-order valence-corrected chi connectivity index (χ1v) is 8.04. The first kappa shape index (κ1) is 16.9. The van der Waals surface area contributed by atoms with Gasteiger partial charge in [-0.15, -0.1) is 0 Å². The molecule has 1 aromatic carbocycles. The van der Waals surface area contributed by atoms with Gasteiger partial charge in [0, 0.05) is 25.5 Å². The zero-order valence-electron chi connectivity index (χ0n) is 13.8. The minimum Gasteiger partial charge on any atom is -0.403 e. The van der Waals surface area contributed by atoms with Crippen molar-refractivity contribution in [3.05, 3.63) is 47.3 Å². The number of nitrogens with zero attached hydrogens (tertiary/aromatic N) is 3. The van der Waals surface area contributed by atoms with Gasteiger partial charge in [0.1, 0.15) is 6.04 Å². The number of carbonyl (C=O) groups excluding carboxylic acids is 1. The Kier molecular flexibility index (Phi) is 5.64. The number of likely N-dealkylation sites (N-methyl/N-ethyl adjacent to an activating group) is 1. The number of carbonyl (C=O) groups is 1. The summed E-state index contributed by atoms with van der Waals surface area (Å²) in [6.07, 6.45) is 4.79. The van der Waals surface area contributed by atoms with Crippen LogP contribution in [0.15, 0.2) is 36.2 Å². The number of benzene rings is 1. The Balaban J connectivity index is 2.30. The molecule has 1 saturated heterocycles. The maximum Gasteiger partial charge on any atom is 0.250 e. The van der Waals surface area contributed by atoms with E-state index in [0.717, 1.165) is 37.1 Å². The van der Waals surface area contributed by atoms with Gasteiger partial charge in [-0.1, -0.05) is 31.9 Å². The largest absolute Gasteiger partial charge is 0.403 e. The summed E-state index contributed by atoms with van der Waals surface area (Å²) in [4.78, 5) is 16.7. The van der Waals surface area contributed by atoms with Gasteiger partial charge in [0.15, 0.2) is 0 Å². The van der Waals surface area contributed by atoms with Crippen LogP contribution < -0.4 is 5.73 Å². The Labute approximate surface area is 138 Å². The third-order valence-corrected chi connectivity index (χ3v) is 4.29. The summed E-state index contributed by atoms with van der Waals surface area (Å²) in [5.41, 5.74) is 8.07. The molecule has 2 N–H and O–H groups in total. The van der Waals surface area contributed by atoms with E-state index in [2.05, 4.69) is 13.0 Å². The highest BCUT2D eigenvalue weighted by atomic mass is 16.2. The van der Waals surface area contributed by atoms with Crippen molar-refractivity contribution in [3.8, 4) is 6.07 Å². The molecule has 1 heterocycles. The number of amides is 1. The summed E-state index contributed by atoms with van der Waals surface area (Å²) in [5, 5.41) is 9.10. The van der Waals surface area contributed by atoms with E-state index < -0.39 is 6.04 Å². The zero-order valence-corrected chi connectivity index (χ0v) is 13.8. The summed E-state index contributed by atoms with van der Waals surface area (Å²) in [5.74, 6) is 0.0734. The van der Waals surface area contributed by atoms with Crippen LogP contribution in [0.4, 0.5) is 0 Å². The van der Waals surface area contributed by atoms with Gasteiger partial charge in [-0.2, -0.15) is 5.26 Å². The first-order valence-electron chi connectivity index (χ1n) is 8.04.